The summed E-state index contributed by atoms with van der Waals surface area (Å²) in [6.07, 6.45) is 27.6. The van der Waals surface area contributed by atoms with Gasteiger partial charge in [-0.2, -0.15) is 0 Å². The summed E-state index contributed by atoms with van der Waals surface area (Å²) in [4.78, 5) is 25.7. The van der Waals surface area contributed by atoms with E-state index in [0.29, 0.717) is 12.8 Å². The Bertz CT molecular complexity index is 1470. The maximum atomic E-state index is 13.0. The second-order valence-corrected chi connectivity index (χ2v) is 16.6. The van der Waals surface area contributed by atoms with E-state index in [2.05, 4.69) is 62.5 Å². The third kappa shape index (κ3) is 25.7. The van der Waals surface area contributed by atoms with E-state index >= 15 is 0 Å². The Morgan fingerprint density at radius 2 is 0.985 bits per heavy atom. The van der Waals surface area contributed by atoms with Gasteiger partial charge in [-0.05, 0) is 64.2 Å². The predicted molar refractivity (Wildman–Crippen MR) is 252 cm³/mol. The molecular weight excluding hydrogens is 853 g/mol. The van der Waals surface area contributed by atoms with Crippen LogP contribution in [0, 0.1) is 0 Å². The van der Waals surface area contributed by atoms with E-state index < -0.39 is 99.3 Å². The van der Waals surface area contributed by atoms with Gasteiger partial charge in [-0.3, -0.25) is 9.59 Å². The number of carbonyl (C=O) groups is 2. The second kappa shape index (κ2) is 37.6. The molecule has 2 heterocycles. The number of rotatable bonds is 35. The van der Waals surface area contributed by atoms with Crippen molar-refractivity contribution in [3.8, 4) is 0 Å². The third-order valence-electron chi connectivity index (χ3n) is 11.0. The number of esters is 2. The van der Waals surface area contributed by atoms with Crippen LogP contribution >= 0.6 is 0 Å². The number of aliphatic hydroxyl groups is 7. The van der Waals surface area contributed by atoms with Gasteiger partial charge in [0.15, 0.2) is 18.7 Å². The molecular formula is C51H82O15. The summed E-state index contributed by atoms with van der Waals surface area (Å²) >= 11 is 0. The Morgan fingerprint density at radius 1 is 0.500 bits per heavy atom. The molecule has 2 saturated heterocycles. The molecule has 0 aliphatic carbocycles. The van der Waals surface area contributed by atoms with Gasteiger partial charge in [0.1, 0.15) is 55.4 Å². The van der Waals surface area contributed by atoms with E-state index in [1.54, 1.807) is 0 Å². The number of hydrogen-bond acceptors (Lipinski definition) is 15. The number of hydrogen-bond donors (Lipinski definition) is 7. The fourth-order valence-electron chi connectivity index (χ4n) is 7.00. The van der Waals surface area contributed by atoms with Gasteiger partial charge < -0.3 is 64.2 Å². The lowest BCUT2D eigenvalue weighted by Gasteiger charge is -2.42. The second-order valence-electron chi connectivity index (χ2n) is 16.6. The average molecular weight is 935 g/mol. The molecule has 2 aliphatic heterocycles. The van der Waals surface area contributed by atoms with Gasteiger partial charge in [-0.15, -0.1) is 0 Å². The van der Waals surface area contributed by atoms with Crippen LogP contribution in [-0.2, 0) is 38.0 Å². The largest absolute Gasteiger partial charge is 0.462 e. The van der Waals surface area contributed by atoms with Gasteiger partial charge in [0, 0.05) is 12.8 Å². The Morgan fingerprint density at radius 3 is 1.61 bits per heavy atom. The highest BCUT2D eigenvalue weighted by Crippen LogP contribution is 2.26. The maximum Gasteiger partial charge on any atom is 0.306 e. The first-order valence-corrected chi connectivity index (χ1v) is 24.2. The summed E-state index contributed by atoms with van der Waals surface area (Å²) in [5, 5.41) is 72.0. The molecule has 2 rings (SSSR count). The van der Waals surface area contributed by atoms with Crippen LogP contribution in [0.3, 0.4) is 0 Å². The van der Waals surface area contributed by atoms with Crippen LogP contribution < -0.4 is 0 Å². The first-order valence-electron chi connectivity index (χ1n) is 24.2. The van der Waals surface area contributed by atoms with Crippen LogP contribution in [0.2, 0.25) is 0 Å². The van der Waals surface area contributed by atoms with Crippen molar-refractivity contribution in [2.45, 2.75) is 197 Å². The van der Waals surface area contributed by atoms with Crippen molar-refractivity contribution in [3.63, 3.8) is 0 Å². The van der Waals surface area contributed by atoms with Crippen LogP contribution in [-0.4, -0.2) is 142 Å². The van der Waals surface area contributed by atoms with Gasteiger partial charge in [0.25, 0.3) is 0 Å². The maximum absolute atomic E-state index is 13.0. The number of allylic oxidation sites excluding steroid dienone is 14. The molecule has 15 heteroatoms. The zero-order chi connectivity index (χ0) is 48.2. The van der Waals surface area contributed by atoms with Gasteiger partial charge in [0.2, 0.25) is 0 Å². The van der Waals surface area contributed by atoms with E-state index in [0.717, 1.165) is 89.9 Å². The number of carbonyl (C=O) groups excluding carboxylic acids is 2. The highest BCUT2D eigenvalue weighted by Gasteiger charge is 2.47. The summed E-state index contributed by atoms with van der Waals surface area (Å²) in [6, 6.07) is 0. The normalized spacial score (nSPS) is 26.9. The summed E-state index contributed by atoms with van der Waals surface area (Å²) in [7, 11) is 0. The Hall–Kier alpha value is -3.32. The fourth-order valence-corrected chi connectivity index (χ4v) is 7.00. The summed E-state index contributed by atoms with van der Waals surface area (Å²) in [5.41, 5.74) is 0. The predicted octanol–water partition coefficient (Wildman–Crippen LogP) is 6.04. The third-order valence-corrected chi connectivity index (χ3v) is 11.0. The molecule has 0 saturated carbocycles. The van der Waals surface area contributed by atoms with E-state index in [1.807, 2.05) is 36.5 Å². The lowest BCUT2D eigenvalue weighted by atomic mass is 9.98. The molecule has 0 radical (unpaired) electrons. The molecule has 376 valence electrons. The molecule has 0 aromatic carbocycles. The zero-order valence-corrected chi connectivity index (χ0v) is 39.4. The molecule has 15 nitrogen and oxygen atoms in total. The number of aliphatic hydroxyl groups excluding tert-OH is 7. The van der Waals surface area contributed by atoms with Crippen molar-refractivity contribution >= 4 is 11.9 Å². The standard InChI is InChI=1S/C51H82O15/c1-3-5-7-9-11-13-15-17-19-21-23-25-27-29-31-33-42(53)61-36-39(64-43(54)34-32-30-28-26-24-22-20-18-16-14-12-10-8-6-4-2)37-62-50-49(60)47(58)45(56)41(66-50)38-63-51-48(59)46(57)44(55)40(35-52)65-51/h5-8,10-14,16-20,39-41,44-52,55-60H,3-4,9,15,21-38H2,1-2H3/b7-5+,8-6+,12-10+,13-11+,16-14+,19-17+,20-18+/t39-,40-,41-,44+,45+,46?,47?,48?,49?,50-,51-/m1/s1. The molecule has 2 fully saturated rings. The van der Waals surface area contributed by atoms with E-state index in [4.69, 9.17) is 28.4 Å². The molecule has 66 heavy (non-hydrogen) atoms. The van der Waals surface area contributed by atoms with Crippen molar-refractivity contribution in [2.24, 2.45) is 0 Å². The van der Waals surface area contributed by atoms with E-state index in [1.165, 1.54) is 0 Å². The quantitative estimate of drug-likeness (QED) is 0.0166. The smallest absolute Gasteiger partial charge is 0.306 e. The molecule has 0 amide bonds. The Balaban J connectivity index is 1.85. The SMILES string of the molecule is CC/C=C/C=C/C=C/C=C/CCCCCCCC(=O)O[C@H](COC(=O)CCCCCCC/C=C/C/C=C/C/C=C/CC)CO[C@@H]1O[C@H](CO[C@@H]2O[C@H](CO)[C@H](O)C(O)C2O)[C@H](O)C(O)C1O. The average Bonchev–Trinajstić information content (AvgIpc) is 3.31. The highest BCUT2D eigenvalue weighted by atomic mass is 16.7. The fraction of sp³-hybridized carbons (Fsp3) is 0.686. The van der Waals surface area contributed by atoms with Crippen molar-refractivity contribution in [1.82, 2.24) is 0 Å². The van der Waals surface area contributed by atoms with Gasteiger partial charge in [-0.25, -0.2) is 0 Å². The van der Waals surface area contributed by atoms with E-state index in [-0.39, 0.29) is 19.4 Å². The number of ether oxygens (including phenoxy) is 6. The van der Waals surface area contributed by atoms with Gasteiger partial charge in [-0.1, -0.05) is 137 Å². The minimum atomic E-state index is -1.78. The van der Waals surface area contributed by atoms with Crippen molar-refractivity contribution in [1.29, 1.82) is 0 Å². The molecule has 7 N–H and O–H groups in total. The summed E-state index contributed by atoms with van der Waals surface area (Å²) in [5.74, 6) is -0.983. The van der Waals surface area contributed by atoms with Crippen molar-refractivity contribution in [2.75, 3.05) is 26.4 Å². The molecule has 0 aromatic rings. The molecule has 0 aromatic heterocycles. The highest BCUT2D eigenvalue weighted by molar-refractivity contribution is 5.70. The topological polar surface area (TPSA) is 231 Å². The molecule has 2 aliphatic rings. The van der Waals surface area contributed by atoms with Crippen LogP contribution in [0.1, 0.15) is 129 Å². The number of unbranched alkanes of at least 4 members (excludes halogenated alkanes) is 10. The first-order chi connectivity index (χ1) is 32.0. The summed E-state index contributed by atoms with van der Waals surface area (Å²) < 4.78 is 33.5. The molecule has 11 atom stereocenters. The molecule has 4 unspecified atom stereocenters. The monoisotopic (exact) mass is 935 g/mol. The lowest BCUT2D eigenvalue weighted by Crippen LogP contribution is -2.61. The van der Waals surface area contributed by atoms with Crippen LogP contribution in [0.15, 0.2) is 85.1 Å². The van der Waals surface area contributed by atoms with Gasteiger partial charge in [0.05, 0.1) is 19.8 Å². The van der Waals surface area contributed by atoms with Crippen LogP contribution in [0.4, 0.5) is 0 Å². The van der Waals surface area contributed by atoms with Gasteiger partial charge >= 0.3 is 11.9 Å². The van der Waals surface area contributed by atoms with Crippen molar-refractivity contribution in [3.05, 3.63) is 85.1 Å². The lowest BCUT2D eigenvalue weighted by molar-refractivity contribution is -0.332. The minimum absolute atomic E-state index is 0.130. The van der Waals surface area contributed by atoms with Crippen LogP contribution in [0.25, 0.3) is 0 Å². The Kier molecular flexibility index (Phi) is 33.5. The summed E-state index contributed by atoms with van der Waals surface area (Å²) in [6.45, 7) is 2.26. The van der Waals surface area contributed by atoms with Crippen LogP contribution in [0.5, 0.6) is 0 Å². The molecule has 0 spiro atoms. The Labute approximate surface area is 393 Å². The molecule has 0 bridgehead atoms. The first kappa shape index (κ1) is 58.8. The minimum Gasteiger partial charge on any atom is -0.462 e. The van der Waals surface area contributed by atoms with E-state index in [9.17, 15) is 45.3 Å². The zero-order valence-electron chi connectivity index (χ0n) is 39.4. The van der Waals surface area contributed by atoms with Crippen molar-refractivity contribution < 1.29 is 73.8 Å².